The lowest BCUT2D eigenvalue weighted by Crippen LogP contribution is -2.28. The molecule has 0 saturated heterocycles. The summed E-state index contributed by atoms with van der Waals surface area (Å²) in [6.07, 6.45) is -4.56. The van der Waals surface area contributed by atoms with Crippen LogP contribution >= 0.6 is 11.6 Å². The van der Waals surface area contributed by atoms with Gasteiger partial charge in [0.2, 0.25) is 0 Å². The van der Waals surface area contributed by atoms with Crippen molar-refractivity contribution in [3.63, 3.8) is 0 Å². The van der Waals surface area contributed by atoms with Crippen LogP contribution in [0.2, 0.25) is 5.02 Å². The molecular weight excluding hydrogens is 294 g/mol. The fraction of sp³-hybridized carbons (Fsp3) is 0.143. The second kappa shape index (κ2) is 5.71. The van der Waals surface area contributed by atoms with Gasteiger partial charge in [0.25, 0.3) is 0 Å². The first-order valence-electron chi connectivity index (χ1n) is 5.72. The van der Waals surface area contributed by atoms with E-state index in [0.29, 0.717) is 0 Å². The summed E-state index contributed by atoms with van der Waals surface area (Å²) in [4.78, 5) is 0. The van der Waals surface area contributed by atoms with Gasteiger partial charge in [-0.15, -0.1) is 0 Å². The Labute approximate surface area is 118 Å². The predicted octanol–water partition coefficient (Wildman–Crippen LogP) is 5.19. The molecule has 2 aromatic rings. The van der Waals surface area contributed by atoms with Crippen molar-refractivity contribution in [2.24, 2.45) is 0 Å². The van der Waals surface area contributed by atoms with E-state index in [9.17, 15) is 17.6 Å². The topological polar surface area (TPSA) is 12.0 Å². The maximum Gasteiger partial charge on any atom is 0.412 e. The Morgan fingerprint density at radius 3 is 2.20 bits per heavy atom. The Morgan fingerprint density at radius 2 is 1.60 bits per heavy atom. The molecule has 2 rings (SSSR count). The van der Waals surface area contributed by atoms with Crippen LogP contribution in [0.3, 0.4) is 0 Å². The molecular formula is C14H10ClF4N. The lowest BCUT2D eigenvalue weighted by atomic mass is 10.1. The minimum Gasteiger partial charge on any atom is -0.368 e. The Morgan fingerprint density at radius 1 is 0.950 bits per heavy atom. The quantitative estimate of drug-likeness (QED) is 0.769. The van der Waals surface area contributed by atoms with Crippen LogP contribution in [-0.4, -0.2) is 6.18 Å². The summed E-state index contributed by atoms with van der Waals surface area (Å²) in [7, 11) is 0. The molecule has 1 N–H and O–H groups in total. The summed E-state index contributed by atoms with van der Waals surface area (Å²) in [6, 6.07) is 9.10. The molecule has 20 heavy (non-hydrogen) atoms. The van der Waals surface area contributed by atoms with Crippen LogP contribution < -0.4 is 5.32 Å². The molecule has 2 aromatic carbocycles. The molecule has 0 saturated carbocycles. The number of hydrogen-bond donors (Lipinski definition) is 1. The minimum atomic E-state index is -4.56. The standard InChI is InChI=1S/C14H10ClF4N/c15-10-7-4-8-11(12(10)16)20-13(14(17,18)19)9-5-2-1-3-6-9/h1-8,13,20H. The van der Waals surface area contributed by atoms with E-state index in [2.05, 4.69) is 5.32 Å². The Kier molecular flexibility index (Phi) is 4.18. The van der Waals surface area contributed by atoms with Gasteiger partial charge in [0.1, 0.15) is 6.04 Å². The summed E-state index contributed by atoms with van der Waals surface area (Å²) in [5.74, 6) is -0.903. The van der Waals surface area contributed by atoms with Crippen molar-refractivity contribution in [3.8, 4) is 0 Å². The number of nitrogens with one attached hydrogen (secondary N) is 1. The highest BCUT2D eigenvalue weighted by Crippen LogP contribution is 2.36. The molecule has 1 unspecified atom stereocenters. The number of hydrogen-bond acceptors (Lipinski definition) is 1. The Hall–Kier alpha value is -1.75. The minimum absolute atomic E-state index is 0.000578. The van der Waals surface area contributed by atoms with Gasteiger partial charge in [-0.25, -0.2) is 4.39 Å². The highest BCUT2D eigenvalue weighted by molar-refractivity contribution is 6.31. The van der Waals surface area contributed by atoms with E-state index >= 15 is 0 Å². The number of anilines is 1. The van der Waals surface area contributed by atoms with Gasteiger partial charge in [0.05, 0.1) is 10.7 Å². The van der Waals surface area contributed by atoms with Crippen molar-refractivity contribution in [1.82, 2.24) is 0 Å². The van der Waals surface area contributed by atoms with Crippen LogP contribution in [0.15, 0.2) is 48.5 Å². The number of benzene rings is 2. The van der Waals surface area contributed by atoms with Crippen molar-refractivity contribution >= 4 is 17.3 Å². The second-order valence-electron chi connectivity index (χ2n) is 4.13. The number of alkyl halides is 3. The van der Waals surface area contributed by atoms with Gasteiger partial charge in [-0.1, -0.05) is 48.0 Å². The lowest BCUT2D eigenvalue weighted by molar-refractivity contribution is -0.144. The molecule has 0 aromatic heterocycles. The molecule has 0 fully saturated rings. The molecule has 106 valence electrons. The third kappa shape index (κ3) is 3.22. The van der Waals surface area contributed by atoms with E-state index in [0.717, 1.165) is 0 Å². The van der Waals surface area contributed by atoms with E-state index in [4.69, 9.17) is 11.6 Å². The molecule has 0 aliphatic rings. The fourth-order valence-corrected chi connectivity index (χ4v) is 1.94. The van der Waals surface area contributed by atoms with Crippen molar-refractivity contribution in [2.75, 3.05) is 5.32 Å². The molecule has 0 heterocycles. The molecule has 0 spiro atoms. The van der Waals surface area contributed by atoms with Crippen LogP contribution in [0.5, 0.6) is 0 Å². The van der Waals surface area contributed by atoms with Crippen molar-refractivity contribution in [2.45, 2.75) is 12.2 Å². The molecule has 0 aliphatic heterocycles. The smallest absolute Gasteiger partial charge is 0.368 e. The van der Waals surface area contributed by atoms with Gasteiger partial charge in [0, 0.05) is 0 Å². The highest BCUT2D eigenvalue weighted by atomic mass is 35.5. The van der Waals surface area contributed by atoms with Gasteiger partial charge in [-0.05, 0) is 17.7 Å². The van der Waals surface area contributed by atoms with E-state index in [1.807, 2.05) is 0 Å². The maximum atomic E-state index is 13.7. The lowest BCUT2D eigenvalue weighted by Gasteiger charge is -2.23. The first-order valence-corrected chi connectivity index (χ1v) is 6.09. The molecule has 0 aliphatic carbocycles. The highest BCUT2D eigenvalue weighted by Gasteiger charge is 2.41. The van der Waals surface area contributed by atoms with Gasteiger partial charge < -0.3 is 5.32 Å². The van der Waals surface area contributed by atoms with Crippen LogP contribution in [-0.2, 0) is 0 Å². The zero-order valence-electron chi connectivity index (χ0n) is 10.1. The largest absolute Gasteiger partial charge is 0.412 e. The summed E-state index contributed by atoms with van der Waals surface area (Å²) in [5.41, 5.74) is -0.289. The zero-order valence-corrected chi connectivity index (χ0v) is 10.8. The fourth-order valence-electron chi connectivity index (χ4n) is 1.77. The van der Waals surface area contributed by atoms with E-state index in [-0.39, 0.29) is 16.3 Å². The molecule has 6 heteroatoms. The van der Waals surface area contributed by atoms with Gasteiger partial charge in [-0.2, -0.15) is 13.2 Å². The van der Waals surface area contributed by atoms with Crippen LogP contribution in [0.4, 0.5) is 23.2 Å². The third-order valence-corrected chi connectivity index (χ3v) is 3.00. The van der Waals surface area contributed by atoms with Crippen LogP contribution in [0, 0.1) is 5.82 Å². The average Bonchev–Trinajstić information content (AvgIpc) is 2.40. The van der Waals surface area contributed by atoms with E-state index in [1.165, 1.54) is 42.5 Å². The SMILES string of the molecule is Fc1c(Cl)cccc1NC(c1ccccc1)C(F)(F)F. The third-order valence-electron chi connectivity index (χ3n) is 2.71. The second-order valence-corrected chi connectivity index (χ2v) is 4.54. The maximum absolute atomic E-state index is 13.7. The van der Waals surface area contributed by atoms with Gasteiger partial charge in [0.15, 0.2) is 5.82 Å². The molecule has 1 atom stereocenters. The summed E-state index contributed by atoms with van der Waals surface area (Å²) < 4.78 is 53.0. The van der Waals surface area contributed by atoms with E-state index in [1.54, 1.807) is 6.07 Å². The average molecular weight is 304 g/mol. The predicted molar refractivity (Wildman–Crippen MR) is 70.3 cm³/mol. The first-order chi connectivity index (χ1) is 9.39. The molecule has 0 bridgehead atoms. The number of halogens is 5. The number of rotatable bonds is 3. The van der Waals surface area contributed by atoms with Crippen LogP contribution in [0.25, 0.3) is 0 Å². The van der Waals surface area contributed by atoms with Gasteiger partial charge in [-0.3, -0.25) is 0 Å². The zero-order chi connectivity index (χ0) is 14.8. The molecule has 0 radical (unpaired) electrons. The van der Waals surface area contributed by atoms with E-state index < -0.39 is 18.0 Å². The summed E-state index contributed by atoms with van der Waals surface area (Å²) in [6.45, 7) is 0. The van der Waals surface area contributed by atoms with Crippen LogP contribution in [0.1, 0.15) is 11.6 Å². The van der Waals surface area contributed by atoms with Gasteiger partial charge >= 0.3 is 6.18 Å². The Balaban J connectivity index is 2.37. The molecule has 1 nitrogen and oxygen atoms in total. The van der Waals surface area contributed by atoms with Crippen molar-refractivity contribution < 1.29 is 17.6 Å². The normalized spacial score (nSPS) is 13.1. The monoisotopic (exact) mass is 303 g/mol. The molecule has 0 amide bonds. The van der Waals surface area contributed by atoms with Crippen molar-refractivity contribution in [1.29, 1.82) is 0 Å². The first kappa shape index (κ1) is 14.7. The summed E-state index contributed by atoms with van der Waals surface area (Å²) >= 11 is 5.56. The Bertz CT molecular complexity index is 583. The van der Waals surface area contributed by atoms with Crippen molar-refractivity contribution in [3.05, 3.63) is 64.9 Å². The summed E-state index contributed by atoms with van der Waals surface area (Å²) in [5, 5.41) is 1.93.